The Bertz CT molecular complexity index is 1120. The second kappa shape index (κ2) is 8.63. The maximum atomic E-state index is 13.3. The summed E-state index contributed by atoms with van der Waals surface area (Å²) < 4.78 is 33.3. The van der Waals surface area contributed by atoms with Gasteiger partial charge in [0, 0.05) is 23.2 Å². The molecule has 30 heavy (non-hydrogen) atoms. The van der Waals surface area contributed by atoms with Crippen molar-refractivity contribution < 1.29 is 17.6 Å². The summed E-state index contributed by atoms with van der Waals surface area (Å²) in [6.45, 7) is 0.200. The number of hydrogen-bond donors (Lipinski definition) is 1. The summed E-state index contributed by atoms with van der Waals surface area (Å²) in [4.78, 5) is 12.3. The molecule has 1 aromatic heterocycles. The molecule has 1 aliphatic carbocycles. The van der Waals surface area contributed by atoms with Crippen LogP contribution in [0.4, 0.5) is 0 Å². The number of hydrogen-bond acceptors (Lipinski definition) is 4. The molecule has 0 unspecified atom stereocenters. The number of nitrogens with one attached hydrogen (secondary N) is 1. The first-order valence-electron chi connectivity index (χ1n) is 9.60. The molecule has 1 aliphatic rings. The van der Waals surface area contributed by atoms with Crippen LogP contribution in [0.2, 0.25) is 5.02 Å². The van der Waals surface area contributed by atoms with E-state index in [1.54, 1.807) is 48.5 Å². The van der Waals surface area contributed by atoms with Crippen molar-refractivity contribution in [1.82, 2.24) is 9.62 Å². The van der Waals surface area contributed by atoms with Gasteiger partial charge >= 0.3 is 0 Å². The van der Waals surface area contributed by atoms with E-state index in [9.17, 15) is 13.2 Å². The Balaban J connectivity index is 1.57. The molecule has 0 spiro atoms. The van der Waals surface area contributed by atoms with Crippen molar-refractivity contribution >= 4 is 27.5 Å². The second-order valence-electron chi connectivity index (χ2n) is 7.25. The quantitative estimate of drug-likeness (QED) is 0.564. The molecule has 1 saturated carbocycles. The first kappa shape index (κ1) is 20.7. The molecule has 0 radical (unpaired) electrons. The predicted molar refractivity (Wildman–Crippen MR) is 114 cm³/mol. The summed E-state index contributed by atoms with van der Waals surface area (Å²) in [5, 5.41) is 3.29. The average molecular weight is 445 g/mol. The van der Waals surface area contributed by atoms with Gasteiger partial charge < -0.3 is 9.73 Å². The van der Waals surface area contributed by atoms with Gasteiger partial charge in [0.25, 0.3) is 5.91 Å². The summed E-state index contributed by atoms with van der Waals surface area (Å²) in [5.41, 5.74) is 1.32. The van der Waals surface area contributed by atoms with Gasteiger partial charge in [0.05, 0.1) is 17.7 Å². The van der Waals surface area contributed by atoms with E-state index < -0.39 is 10.0 Å². The monoisotopic (exact) mass is 444 g/mol. The van der Waals surface area contributed by atoms with Crippen molar-refractivity contribution in [2.24, 2.45) is 0 Å². The number of halogens is 1. The largest absolute Gasteiger partial charge is 0.468 e. The average Bonchev–Trinajstić information content (AvgIpc) is 3.39. The maximum Gasteiger partial charge on any atom is 0.251 e. The van der Waals surface area contributed by atoms with E-state index >= 15 is 0 Å². The highest BCUT2D eigenvalue weighted by atomic mass is 35.5. The van der Waals surface area contributed by atoms with E-state index in [1.165, 1.54) is 22.7 Å². The summed E-state index contributed by atoms with van der Waals surface area (Å²) in [6, 6.07) is 16.9. The van der Waals surface area contributed by atoms with Gasteiger partial charge in [0.1, 0.15) is 5.76 Å². The molecule has 8 heteroatoms. The van der Waals surface area contributed by atoms with Gasteiger partial charge in [-0.05, 0) is 60.9 Å². The number of nitrogens with zero attached hydrogens (tertiary/aromatic N) is 1. The number of benzene rings is 2. The molecule has 156 valence electrons. The Kier molecular flexibility index (Phi) is 5.94. The lowest BCUT2D eigenvalue weighted by Gasteiger charge is -2.21. The molecule has 4 rings (SSSR count). The molecule has 0 aliphatic heterocycles. The van der Waals surface area contributed by atoms with Crippen LogP contribution in [0.5, 0.6) is 0 Å². The Hall–Kier alpha value is -2.61. The Morgan fingerprint density at radius 1 is 1.07 bits per heavy atom. The summed E-state index contributed by atoms with van der Waals surface area (Å²) >= 11 is 6.01. The first-order valence-corrected chi connectivity index (χ1v) is 11.4. The molecule has 1 fully saturated rings. The number of amides is 1. The lowest BCUT2D eigenvalue weighted by atomic mass is 10.1. The molecule has 0 saturated heterocycles. The highest BCUT2D eigenvalue weighted by Crippen LogP contribution is 2.24. The smallest absolute Gasteiger partial charge is 0.251 e. The van der Waals surface area contributed by atoms with E-state index in [0.29, 0.717) is 16.3 Å². The molecule has 0 bridgehead atoms. The minimum absolute atomic E-state index is 0.0752. The van der Waals surface area contributed by atoms with Gasteiger partial charge in [-0.25, -0.2) is 8.42 Å². The van der Waals surface area contributed by atoms with Crippen LogP contribution >= 0.6 is 11.6 Å². The second-order valence-corrected chi connectivity index (χ2v) is 9.63. The molecular weight excluding hydrogens is 424 g/mol. The van der Waals surface area contributed by atoms with Gasteiger partial charge in [-0.15, -0.1) is 0 Å². The lowest BCUT2D eigenvalue weighted by molar-refractivity contribution is 0.0951. The van der Waals surface area contributed by atoms with Crippen LogP contribution in [0, 0.1) is 0 Å². The van der Waals surface area contributed by atoms with Gasteiger partial charge in [0.2, 0.25) is 10.0 Å². The van der Waals surface area contributed by atoms with Crippen molar-refractivity contribution in [2.75, 3.05) is 0 Å². The number of furan rings is 1. The lowest BCUT2D eigenvalue weighted by Crippen LogP contribution is -2.30. The van der Waals surface area contributed by atoms with Crippen molar-refractivity contribution in [3.05, 3.63) is 88.8 Å². The fraction of sp³-hybridized carbons (Fsp3) is 0.227. The number of rotatable bonds is 8. The molecule has 1 N–H and O–H groups in total. The van der Waals surface area contributed by atoms with Crippen LogP contribution in [0.15, 0.2) is 76.2 Å². The van der Waals surface area contributed by atoms with Crippen LogP contribution < -0.4 is 5.32 Å². The Morgan fingerprint density at radius 2 is 1.83 bits per heavy atom. The van der Waals surface area contributed by atoms with E-state index in [1.807, 2.05) is 0 Å². The van der Waals surface area contributed by atoms with Gasteiger partial charge in [-0.2, -0.15) is 4.31 Å². The van der Waals surface area contributed by atoms with E-state index in [-0.39, 0.29) is 29.9 Å². The number of carbonyl (C=O) groups is 1. The zero-order valence-electron chi connectivity index (χ0n) is 16.1. The minimum atomic E-state index is -3.82. The van der Waals surface area contributed by atoms with E-state index in [2.05, 4.69) is 5.32 Å². The standard InChI is InChI=1S/C22H21ClN2O4S/c23-18-3-1-5-21(13-18)30(27,28)25(15-20-4-2-12-29-20)14-16-6-8-17(9-7-16)22(26)24-19-10-11-19/h1-9,12-13,19H,10-11,14-15H2,(H,24,26). The predicted octanol–water partition coefficient (Wildman–Crippen LogP) is 4.22. The molecule has 0 atom stereocenters. The molecule has 6 nitrogen and oxygen atoms in total. The molecule has 2 aromatic carbocycles. The summed E-state index contributed by atoms with van der Waals surface area (Å²) in [6.07, 6.45) is 3.55. The van der Waals surface area contributed by atoms with Crippen LogP contribution in [-0.2, 0) is 23.1 Å². The van der Waals surface area contributed by atoms with Gasteiger partial charge in [-0.3, -0.25) is 4.79 Å². The number of sulfonamides is 1. The number of carbonyl (C=O) groups excluding carboxylic acids is 1. The normalized spacial score (nSPS) is 14.1. The summed E-state index contributed by atoms with van der Waals surface area (Å²) in [5.74, 6) is 0.420. The fourth-order valence-electron chi connectivity index (χ4n) is 3.04. The van der Waals surface area contributed by atoms with Crippen LogP contribution in [-0.4, -0.2) is 24.7 Å². The van der Waals surface area contributed by atoms with Gasteiger partial charge in [0.15, 0.2) is 0 Å². The highest BCUT2D eigenvalue weighted by molar-refractivity contribution is 7.89. The Labute approximate surface area is 180 Å². The highest BCUT2D eigenvalue weighted by Gasteiger charge is 2.27. The van der Waals surface area contributed by atoms with Crippen LogP contribution in [0.1, 0.15) is 34.5 Å². The first-order chi connectivity index (χ1) is 14.4. The fourth-order valence-corrected chi connectivity index (χ4v) is 4.74. The molecular formula is C22H21ClN2O4S. The van der Waals surface area contributed by atoms with Crippen molar-refractivity contribution in [2.45, 2.75) is 36.9 Å². The zero-order valence-corrected chi connectivity index (χ0v) is 17.7. The minimum Gasteiger partial charge on any atom is -0.468 e. The maximum absolute atomic E-state index is 13.3. The van der Waals surface area contributed by atoms with Crippen molar-refractivity contribution in [1.29, 1.82) is 0 Å². The molecule has 3 aromatic rings. The van der Waals surface area contributed by atoms with Crippen LogP contribution in [0.25, 0.3) is 0 Å². The molecule has 1 heterocycles. The van der Waals surface area contributed by atoms with E-state index in [0.717, 1.165) is 18.4 Å². The van der Waals surface area contributed by atoms with Crippen LogP contribution in [0.3, 0.4) is 0 Å². The van der Waals surface area contributed by atoms with Gasteiger partial charge in [-0.1, -0.05) is 29.8 Å². The topological polar surface area (TPSA) is 79.6 Å². The zero-order chi connectivity index (χ0) is 21.1. The third-order valence-electron chi connectivity index (χ3n) is 4.83. The van der Waals surface area contributed by atoms with Crippen molar-refractivity contribution in [3.8, 4) is 0 Å². The Morgan fingerprint density at radius 3 is 2.47 bits per heavy atom. The molecule has 1 amide bonds. The summed E-state index contributed by atoms with van der Waals surface area (Å²) in [7, 11) is -3.82. The third kappa shape index (κ3) is 4.92. The van der Waals surface area contributed by atoms with Crippen molar-refractivity contribution in [3.63, 3.8) is 0 Å². The van der Waals surface area contributed by atoms with E-state index in [4.69, 9.17) is 16.0 Å². The third-order valence-corrected chi connectivity index (χ3v) is 6.86. The SMILES string of the molecule is O=C(NC1CC1)c1ccc(CN(Cc2ccco2)S(=O)(=O)c2cccc(Cl)c2)cc1.